The van der Waals surface area contributed by atoms with E-state index >= 15 is 0 Å². The molecule has 0 bridgehead atoms. The Morgan fingerprint density at radius 2 is 1.94 bits per heavy atom. The van der Waals surface area contributed by atoms with Crippen LogP contribution in [0.2, 0.25) is 0 Å². The summed E-state index contributed by atoms with van der Waals surface area (Å²) in [6.07, 6.45) is 4.78. The van der Waals surface area contributed by atoms with Crippen molar-refractivity contribution in [1.29, 1.82) is 0 Å². The molecule has 1 atom stereocenters. The van der Waals surface area contributed by atoms with E-state index in [9.17, 15) is 0 Å². The monoisotopic (exact) mass is 268 g/mol. The molecule has 0 aliphatic heterocycles. The Hall–Kier alpha value is -0.380. The number of nitrogens with one attached hydrogen (secondary N) is 1. The Morgan fingerprint density at radius 1 is 1.22 bits per heavy atom. The number of hydrogen-bond donors (Lipinski definition) is 1. The maximum atomic E-state index is 3.68. The lowest BCUT2D eigenvalue weighted by atomic mass is 10.1. The van der Waals surface area contributed by atoms with E-state index in [1.807, 2.05) is 11.3 Å². The third kappa shape index (κ3) is 5.98. The van der Waals surface area contributed by atoms with Gasteiger partial charge in [-0.25, -0.2) is 0 Å². The van der Waals surface area contributed by atoms with Gasteiger partial charge in [0.25, 0.3) is 0 Å². The summed E-state index contributed by atoms with van der Waals surface area (Å²) in [4.78, 5) is 5.30. The first kappa shape index (κ1) is 15.7. The molecule has 1 aromatic rings. The zero-order chi connectivity index (χ0) is 13.4. The Kier molecular flexibility index (Phi) is 7.56. The van der Waals surface area contributed by atoms with Crippen LogP contribution >= 0.6 is 11.3 Å². The Labute approximate surface area is 116 Å². The summed E-state index contributed by atoms with van der Waals surface area (Å²) in [5.74, 6) is 0. The first-order chi connectivity index (χ1) is 8.65. The van der Waals surface area contributed by atoms with Crippen molar-refractivity contribution in [2.24, 2.45) is 0 Å². The van der Waals surface area contributed by atoms with E-state index in [2.05, 4.69) is 50.3 Å². The van der Waals surface area contributed by atoms with Crippen LogP contribution in [0, 0.1) is 0 Å². The fourth-order valence-electron chi connectivity index (χ4n) is 2.00. The molecule has 0 aromatic carbocycles. The molecule has 1 N–H and O–H groups in total. The highest BCUT2D eigenvalue weighted by Crippen LogP contribution is 2.19. The molecular formula is C15H28N2S. The summed E-state index contributed by atoms with van der Waals surface area (Å²) in [7, 11) is 4.30. The Balaban J connectivity index is 2.47. The Bertz CT molecular complexity index is 320. The van der Waals surface area contributed by atoms with E-state index in [1.165, 1.54) is 29.0 Å². The molecule has 0 spiro atoms. The first-order valence-corrected chi connectivity index (χ1v) is 7.93. The van der Waals surface area contributed by atoms with Crippen molar-refractivity contribution in [2.75, 3.05) is 27.2 Å². The van der Waals surface area contributed by atoms with Gasteiger partial charge in [0.15, 0.2) is 0 Å². The lowest BCUT2D eigenvalue weighted by molar-refractivity contribution is 0.357. The van der Waals surface area contributed by atoms with E-state index < -0.39 is 0 Å². The van der Waals surface area contributed by atoms with E-state index in [-0.39, 0.29) is 0 Å². The molecule has 1 unspecified atom stereocenters. The summed E-state index contributed by atoms with van der Waals surface area (Å²) in [6, 6.07) is 5.21. The zero-order valence-electron chi connectivity index (χ0n) is 12.3. The lowest BCUT2D eigenvalue weighted by Gasteiger charge is -2.20. The van der Waals surface area contributed by atoms with Crippen LogP contribution in [-0.2, 0) is 12.8 Å². The number of thiophene rings is 1. The summed E-state index contributed by atoms with van der Waals surface area (Å²) >= 11 is 1.98. The minimum absolute atomic E-state index is 0.621. The molecule has 0 aliphatic rings. The molecule has 2 nitrogen and oxygen atoms in total. The van der Waals surface area contributed by atoms with Crippen LogP contribution in [0.5, 0.6) is 0 Å². The molecule has 0 saturated heterocycles. The van der Waals surface area contributed by atoms with E-state index in [0.717, 1.165) is 19.5 Å². The fourth-order valence-corrected chi connectivity index (χ4v) is 3.04. The molecule has 1 aromatic heterocycles. The number of rotatable bonds is 9. The van der Waals surface area contributed by atoms with Gasteiger partial charge in [0, 0.05) is 15.8 Å². The van der Waals surface area contributed by atoms with Gasteiger partial charge in [-0.05, 0) is 65.0 Å². The predicted octanol–water partition coefficient (Wildman–Crippen LogP) is 3.17. The SMILES string of the molecule is CCCNC(CCN(C)C)Cc1ccc(CC)s1. The van der Waals surface area contributed by atoms with Gasteiger partial charge in [0.1, 0.15) is 0 Å². The highest BCUT2D eigenvalue weighted by molar-refractivity contribution is 7.11. The molecule has 0 saturated carbocycles. The maximum absolute atomic E-state index is 3.68. The molecule has 3 heteroatoms. The summed E-state index contributed by atoms with van der Waals surface area (Å²) < 4.78 is 0. The smallest absolute Gasteiger partial charge is 0.0127 e. The van der Waals surface area contributed by atoms with Crippen molar-refractivity contribution in [3.05, 3.63) is 21.9 Å². The van der Waals surface area contributed by atoms with Crippen molar-refractivity contribution in [3.8, 4) is 0 Å². The molecule has 1 heterocycles. The second-order valence-corrected chi connectivity index (χ2v) is 6.42. The largest absolute Gasteiger partial charge is 0.314 e. The number of aryl methyl sites for hydroxylation is 1. The van der Waals surface area contributed by atoms with Gasteiger partial charge in [-0.2, -0.15) is 0 Å². The highest BCUT2D eigenvalue weighted by atomic mass is 32.1. The molecule has 0 fully saturated rings. The van der Waals surface area contributed by atoms with Gasteiger partial charge >= 0.3 is 0 Å². The van der Waals surface area contributed by atoms with Crippen LogP contribution in [0.15, 0.2) is 12.1 Å². The molecule has 0 aliphatic carbocycles. The molecule has 0 amide bonds. The van der Waals surface area contributed by atoms with Crippen LogP contribution in [0.4, 0.5) is 0 Å². The fraction of sp³-hybridized carbons (Fsp3) is 0.733. The summed E-state index contributed by atoms with van der Waals surface area (Å²) in [6.45, 7) is 6.75. The number of nitrogens with zero attached hydrogens (tertiary/aromatic N) is 1. The minimum Gasteiger partial charge on any atom is -0.314 e. The quantitative estimate of drug-likeness (QED) is 0.740. The molecule has 104 valence electrons. The van der Waals surface area contributed by atoms with Crippen LogP contribution < -0.4 is 5.32 Å². The van der Waals surface area contributed by atoms with Gasteiger partial charge in [-0.15, -0.1) is 11.3 Å². The molecule has 18 heavy (non-hydrogen) atoms. The molecule has 0 radical (unpaired) electrons. The van der Waals surface area contributed by atoms with E-state index in [4.69, 9.17) is 0 Å². The third-order valence-corrected chi connectivity index (χ3v) is 4.37. The van der Waals surface area contributed by atoms with Crippen molar-refractivity contribution in [1.82, 2.24) is 10.2 Å². The topological polar surface area (TPSA) is 15.3 Å². The van der Waals surface area contributed by atoms with Gasteiger partial charge in [-0.3, -0.25) is 0 Å². The van der Waals surface area contributed by atoms with Gasteiger partial charge in [0.2, 0.25) is 0 Å². The average Bonchev–Trinajstić information content (AvgIpc) is 2.80. The van der Waals surface area contributed by atoms with E-state index in [0.29, 0.717) is 6.04 Å². The number of hydrogen-bond acceptors (Lipinski definition) is 3. The van der Waals surface area contributed by atoms with Gasteiger partial charge < -0.3 is 10.2 Å². The highest BCUT2D eigenvalue weighted by Gasteiger charge is 2.10. The van der Waals surface area contributed by atoms with Crippen molar-refractivity contribution in [2.45, 2.75) is 45.6 Å². The van der Waals surface area contributed by atoms with Crippen molar-refractivity contribution in [3.63, 3.8) is 0 Å². The van der Waals surface area contributed by atoms with Gasteiger partial charge in [-0.1, -0.05) is 13.8 Å². The van der Waals surface area contributed by atoms with Gasteiger partial charge in [0.05, 0.1) is 0 Å². The minimum atomic E-state index is 0.621. The Morgan fingerprint density at radius 3 is 2.50 bits per heavy atom. The standard InChI is InChI=1S/C15H28N2S/c1-5-10-16-13(9-11-17(3)4)12-15-8-7-14(6-2)18-15/h7-8,13,16H,5-6,9-12H2,1-4H3. The zero-order valence-corrected chi connectivity index (χ0v) is 13.1. The van der Waals surface area contributed by atoms with Crippen LogP contribution in [-0.4, -0.2) is 38.1 Å². The second-order valence-electron chi connectivity index (χ2n) is 5.17. The summed E-state index contributed by atoms with van der Waals surface area (Å²) in [5, 5.41) is 3.68. The lowest BCUT2D eigenvalue weighted by Crippen LogP contribution is -2.34. The molecule has 1 rings (SSSR count). The maximum Gasteiger partial charge on any atom is 0.0127 e. The normalized spacial score (nSPS) is 13.2. The van der Waals surface area contributed by atoms with Crippen LogP contribution in [0.1, 0.15) is 36.4 Å². The second kappa shape index (κ2) is 8.68. The predicted molar refractivity (Wildman–Crippen MR) is 82.7 cm³/mol. The van der Waals surface area contributed by atoms with Crippen LogP contribution in [0.25, 0.3) is 0 Å². The van der Waals surface area contributed by atoms with Crippen molar-refractivity contribution < 1.29 is 0 Å². The average molecular weight is 268 g/mol. The molecular weight excluding hydrogens is 240 g/mol. The van der Waals surface area contributed by atoms with Crippen LogP contribution in [0.3, 0.4) is 0 Å². The summed E-state index contributed by atoms with van der Waals surface area (Å²) in [5.41, 5.74) is 0. The first-order valence-electron chi connectivity index (χ1n) is 7.11. The van der Waals surface area contributed by atoms with Crippen molar-refractivity contribution >= 4 is 11.3 Å². The van der Waals surface area contributed by atoms with E-state index in [1.54, 1.807) is 0 Å². The third-order valence-electron chi connectivity index (χ3n) is 3.12.